The highest BCUT2D eigenvalue weighted by Crippen LogP contribution is 2.30. The lowest BCUT2D eigenvalue weighted by atomic mass is 10.1. The molecule has 1 unspecified atom stereocenters. The highest BCUT2D eigenvalue weighted by molar-refractivity contribution is 6.33. The molecular formula is C29H31ClN6O2. The first kappa shape index (κ1) is 24.9. The maximum Gasteiger partial charge on any atom is 0.277 e. The van der Waals surface area contributed by atoms with Gasteiger partial charge in [-0.05, 0) is 56.3 Å². The monoisotopic (exact) mass is 530 g/mol. The molecule has 2 saturated heterocycles. The largest absolute Gasteiger partial charge is 0.376 e. The fourth-order valence-electron chi connectivity index (χ4n) is 5.21. The van der Waals surface area contributed by atoms with Crippen LogP contribution in [0.25, 0.3) is 22.2 Å². The van der Waals surface area contributed by atoms with Crippen molar-refractivity contribution >= 4 is 39.8 Å². The molecule has 2 aromatic carbocycles. The Hall–Kier alpha value is -3.46. The van der Waals surface area contributed by atoms with Crippen LogP contribution in [-0.4, -0.2) is 65.4 Å². The predicted molar refractivity (Wildman–Crippen MR) is 153 cm³/mol. The standard InChI is InChI=1S/C29H31ClN6O2/c1-34-12-14-35(15-13-34)22-10-8-21(9-11-22)32-29-31-18-20-17-26(24-6-2-3-7-25(24)30)36(28(37)27(20)33-29)19-23-5-4-16-38-23/h2-3,6-11,17-18,23H,4-5,12-16,19H2,1H3,(H,31,32,33). The molecule has 2 aromatic heterocycles. The Morgan fingerprint density at radius 3 is 2.61 bits per heavy atom. The maximum absolute atomic E-state index is 13.8. The minimum Gasteiger partial charge on any atom is -0.376 e. The van der Waals surface area contributed by atoms with Gasteiger partial charge in [0, 0.05) is 66.3 Å². The molecule has 0 aliphatic carbocycles. The van der Waals surface area contributed by atoms with Crippen molar-refractivity contribution in [2.24, 2.45) is 0 Å². The number of benzene rings is 2. The van der Waals surface area contributed by atoms with E-state index in [1.165, 1.54) is 5.69 Å². The van der Waals surface area contributed by atoms with Crippen LogP contribution in [0.5, 0.6) is 0 Å². The van der Waals surface area contributed by atoms with E-state index < -0.39 is 0 Å². The van der Waals surface area contributed by atoms with Crippen molar-refractivity contribution in [3.63, 3.8) is 0 Å². The van der Waals surface area contributed by atoms with E-state index in [0.717, 1.165) is 62.6 Å². The molecule has 0 amide bonds. The van der Waals surface area contributed by atoms with Crippen LogP contribution < -0.4 is 15.8 Å². The lowest BCUT2D eigenvalue weighted by Crippen LogP contribution is -2.44. The number of ether oxygens (including phenoxy) is 1. The number of anilines is 3. The van der Waals surface area contributed by atoms with Gasteiger partial charge in [0.2, 0.25) is 5.95 Å². The summed E-state index contributed by atoms with van der Waals surface area (Å²) >= 11 is 6.54. The summed E-state index contributed by atoms with van der Waals surface area (Å²) in [7, 11) is 2.16. The van der Waals surface area contributed by atoms with Crippen LogP contribution in [0.2, 0.25) is 5.02 Å². The number of hydrogen-bond donors (Lipinski definition) is 1. The highest BCUT2D eigenvalue weighted by Gasteiger charge is 2.21. The lowest BCUT2D eigenvalue weighted by molar-refractivity contribution is 0.0967. The van der Waals surface area contributed by atoms with E-state index in [2.05, 4.69) is 44.3 Å². The van der Waals surface area contributed by atoms with Gasteiger partial charge in [-0.2, -0.15) is 0 Å². The summed E-state index contributed by atoms with van der Waals surface area (Å²) in [5.41, 5.74) is 3.80. The molecule has 2 fully saturated rings. The molecule has 38 heavy (non-hydrogen) atoms. The third-order valence-electron chi connectivity index (χ3n) is 7.40. The van der Waals surface area contributed by atoms with Crippen molar-refractivity contribution < 1.29 is 4.74 Å². The molecule has 4 heterocycles. The minimum absolute atomic E-state index is 0.00959. The highest BCUT2D eigenvalue weighted by atomic mass is 35.5. The molecule has 0 saturated carbocycles. The Morgan fingerprint density at radius 1 is 1.08 bits per heavy atom. The van der Waals surface area contributed by atoms with Gasteiger partial charge in [0.1, 0.15) is 5.52 Å². The molecule has 0 bridgehead atoms. The number of rotatable bonds is 6. The van der Waals surface area contributed by atoms with E-state index in [1.54, 1.807) is 10.8 Å². The maximum atomic E-state index is 13.8. The second-order valence-corrected chi connectivity index (χ2v) is 10.4. The Morgan fingerprint density at radius 2 is 1.87 bits per heavy atom. The summed E-state index contributed by atoms with van der Waals surface area (Å²) in [5, 5.41) is 4.53. The average molecular weight is 531 g/mol. The normalized spacial score (nSPS) is 18.3. The van der Waals surface area contributed by atoms with Gasteiger partial charge in [-0.3, -0.25) is 4.79 Å². The van der Waals surface area contributed by atoms with Crippen molar-refractivity contribution in [2.75, 3.05) is 50.1 Å². The summed E-state index contributed by atoms with van der Waals surface area (Å²) in [4.78, 5) is 27.7. The number of piperazine rings is 1. The number of hydrogen-bond acceptors (Lipinski definition) is 7. The van der Waals surface area contributed by atoms with Gasteiger partial charge in [0.25, 0.3) is 5.56 Å². The molecular weight excluding hydrogens is 500 g/mol. The van der Waals surface area contributed by atoms with Gasteiger partial charge in [-0.15, -0.1) is 0 Å². The van der Waals surface area contributed by atoms with E-state index >= 15 is 0 Å². The quantitative estimate of drug-likeness (QED) is 0.384. The molecule has 2 aliphatic rings. The Bertz CT molecular complexity index is 1490. The zero-order valence-corrected chi connectivity index (χ0v) is 22.2. The minimum atomic E-state index is -0.177. The number of fused-ring (bicyclic) bond motifs is 1. The third kappa shape index (κ3) is 5.12. The summed E-state index contributed by atoms with van der Waals surface area (Å²) in [6.45, 7) is 5.34. The summed E-state index contributed by atoms with van der Waals surface area (Å²) in [5.74, 6) is 0.385. The molecule has 8 nitrogen and oxygen atoms in total. The van der Waals surface area contributed by atoms with E-state index in [0.29, 0.717) is 28.4 Å². The van der Waals surface area contributed by atoms with E-state index in [1.807, 2.05) is 42.5 Å². The second kappa shape index (κ2) is 10.7. The lowest BCUT2D eigenvalue weighted by Gasteiger charge is -2.34. The molecule has 1 atom stereocenters. The number of aromatic nitrogens is 3. The summed E-state index contributed by atoms with van der Waals surface area (Å²) in [6, 6.07) is 17.8. The average Bonchev–Trinajstić information content (AvgIpc) is 3.45. The zero-order valence-electron chi connectivity index (χ0n) is 21.4. The fraction of sp³-hybridized carbons (Fsp3) is 0.345. The number of nitrogens with one attached hydrogen (secondary N) is 1. The Balaban J connectivity index is 1.31. The molecule has 0 spiro atoms. The number of likely N-dealkylation sites (N-methyl/N-ethyl adjacent to an activating group) is 1. The van der Waals surface area contributed by atoms with Crippen molar-refractivity contribution in [1.29, 1.82) is 0 Å². The number of halogens is 1. The van der Waals surface area contributed by atoms with Crippen LogP contribution in [0.3, 0.4) is 0 Å². The van der Waals surface area contributed by atoms with Gasteiger partial charge < -0.3 is 24.4 Å². The molecule has 0 radical (unpaired) electrons. The van der Waals surface area contributed by atoms with Crippen molar-refractivity contribution in [3.8, 4) is 11.3 Å². The SMILES string of the molecule is CN1CCN(c2ccc(Nc3ncc4cc(-c5ccccc5Cl)n(CC5CCCO5)c(=O)c4n3)cc2)CC1. The van der Waals surface area contributed by atoms with Crippen LogP contribution in [0.15, 0.2) is 65.6 Å². The van der Waals surface area contributed by atoms with Crippen molar-refractivity contribution in [3.05, 3.63) is 76.2 Å². The first-order chi connectivity index (χ1) is 18.5. The molecule has 2 aliphatic heterocycles. The summed E-state index contributed by atoms with van der Waals surface area (Å²) in [6.07, 6.45) is 3.61. The smallest absolute Gasteiger partial charge is 0.277 e. The first-order valence-corrected chi connectivity index (χ1v) is 13.5. The van der Waals surface area contributed by atoms with Gasteiger partial charge in [0.15, 0.2) is 0 Å². The molecule has 6 rings (SSSR count). The topological polar surface area (TPSA) is 75.5 Å². The Kier molecular flexibility index (Phi) is 7.02. The predicted octanol–water partition coefficient (Wildman–Crippen LogP) is 4.79. The van der Waals surface area contributed by atoms with Crippen LogP contribution in [0.1, 0.15) is 12.8 Å². The van der Waals surface area contributed by atoms with Gasteiger partial charge >= 0.3 is 0 Å². The second-order valence-electron chi connectivity index (χ2n) is 10.0. The van der Waals surface area contributed by atoms with Gasteiger partial charge in [-0.1, -0.05) is 29.8 Å². The van der Waals surface area contributed by atoms with Gasteiger partial charge in [0.05, 0.1) is 18.3 Å². The number of nitrogens with zero attached hydrogens (tertiary/aromatic N) is 5. The fourth-order valence-corrected chi connectivity index (χ4v) is 5.44. The van der Waals surface area contributed by atoms with Crippen LogP contribution >= 0.6 is 11.6 Å². The first-order valence-electron chi connectivity index (χ1n) is 13.1. The third-order valence-corrected chi connectivity index (χ3v) is 7.73. The Labute approximate surface area is 226 Å². The molecule has 196 valence electrons. The zero-order chi connectivity index (χ0) is 26.1. The molecule has 9 heteroatoms. The van der Waals surface area contributed by atoms with Crippen molar-refractivity contribution in [1.82, 2.24) is 19.4 Å². The van der Waals surface area contributed by atoms with Crippen LogP contribution in [0, 0.1) is 0 Å². The van der Waals surface area contributed by atoms with Crippen LogP contribution in [-0.2, 0) is 11.3 Å². The van der Waals surface area contributed by atoms with Gasteiger partial charge in [-0.25, -0.2) is 9.97 Å². The summed E-state index contributed by atoms with van der Waals surface area (Å²) < 4.78 is 7.61. The van der Waals surface area contributed by atoms with E-state index in [9.17, 15) is 4.79 Å². The van der Waals surface area contributed by atoms with E-state index in [4.69, 9.17) is 16.3 Å². The van der Waals surface area contributed by atoms with E-state index in [-0.39, 0.29) is 11.7 Å². The van der Waals surface area contributed by atoms with Crippen LogP contribution in [0.4, 0.5) is 17.3 Å². The van der Waals surface area contributed by atoms with Crippen molar-refractivity contribution in [2.45, 2.75) is 25.5 Å². The number of pyridine rings is 1. The molecule has 1 N–H and O–H groups in total. The molecule has 4 aromatic rings.